The second-order valence-electron chi connectivity index (χ2n) is 7.58. The van der Waals surface area contributed by atoms with Crippen LogP contribution in [0.15, 0.2) is 50.2 Å². The Bertz CT molecular complexity index is 956. The number of furan rings is 1. The number of aryl methyl sites for hydroxylation is 1. The number of nitrogens with one attached hydrogen (secondary N) is 1. The Labute approximate surface area is 160 Å². The lowest BCUT2D eigenvalue weighted by Crippen LogP contribution is -2.30. The number of likely N-dealkylation sites (N-methyl/N-ethyl adjacent to an activating group) is 1. The standard InChI is InChI=1S/C22H28N2O3/c1-14(2)17-11-18-16(10-22(25)27-21(18)9-15(17)3)12-23-13-19(24(4)5)20-7-6-8-26-20/h6-11,14,19,23H,12-13H2,1-5H3/t19-/m1/s1. The maximum atomic E-state index is 12.0. The summed E-state index contributed by atoms with van der Waals surface area (Å²) in [6.45, 7) is 7.72. The van der Waals surface area contributed by atoms with Crippen LogP contribution in [0.1, 0.15) is 48.3 Å². The van der Waals surface area contributed by atoms with E-state index < -0.39 is 0 Å². The summed E-state index contributed by atoms with van der Waals surface area (Å²) in [6, 6.07) is 9.73. The van der Waals surface area contributed by atoms with Crippen molar-refractivity contribution >= 4 is 11.0 Å². The van der Waals surface area contributed by atoms with Gasteiger partial charge in [0.25, 0.3) is 0 Å². The zero-order chi connectivity index (χ0) is 19.6. The molecule has 0 bridgehead atoms. The number of nitrogens with zero attached hydrogens (tertiary/aromatic N) is 1. The van der Waals surface area contributed by atoms with E-state index in [0.29, 0.717) is 24.6 Å². The molecule has 0 amide bonds. The summed E-state index contributed by atoms with van der Waals surface area (Å²) in [5.41, 5.74) is 3.72. The molecule has 1 N–H and O–H groups in total. The Morgan fingerprint density at radius 3 is 2.59 bits per heavy atom. The molecule has 0 saturated heterocycles. The van der Waals surface area contributed by atoms with Crippen LogP contribution in [-0.2, 0) is 6.54 Å². The van der Waals surface area contributed by atoms with Gasteiger partial charge in [-0.15, -0.1) is 0 Å². The molecule has 0 radical (unpaired) electrons. The van der Waals surface area contributed by atoms with Crippen LogP contribution in [-0.4, -0.2) is 25.5 Å². The van der Waals surface area contributed by atoms with Crippen molar-refractivity contribution in [1.29, 1.82) is 0 Å². The number of benzene rings is 1. The molecule has 0 aliphatic heterocycles. The quantitative estimate of drug-likeness (QED) is 0.633. The summed E-state index contributed by atoms with van der Waals surface area (Å²) in [5.74, 6) is 1.34. The Morgan fingerprint density at radius 1 is 1.19 bits per heavy atom. The van der Waals surface area contributed by atoms with Crippen molar-refractivity contribution < 1.29 is 8.83 Å². The summed E-state index contributed by atoms with van der Waals surface area (Å²) < 4.78 is 11.0. The maximum Gasteiger partial charge on any atom is 0.336 e. The van der Waals surface area contributed by atoms with E-state index in [1.165, 1.54) is 5.56 Å². The minimum atomic E-state index is -0.314. The van der Waals surface area contributed by atoms with Gasteiger partial charge in [0.1, 0.15) is 11.3 Å². The summed E-state index contributed by atoms with van der Waals surface area (Å²) in [6.07, 6.45) is 1.69. The molecule has 5 nitrogen and oxygen atoms in total. The third-order valence-electron chi connectivity index (χ3n) is 4.99. The lowest BCUT2D eigenvalue weighted by molar-refractivity contribution is 0.250. The van der Waals surface area contributed by atoms with Crippen LogP contribution in [0, 0.1) is 6.92 Å². The van der Waals surface area contributed by atoms with Crippen molar-refractivity contribution in [2.45, 2.75) is 39.3 Å². The number of hydrogen-bond acceptors (Lipinski definition) is 5. The summed E-state index contributed by atoms with van der Waals surface area (Å²) in [7, 11) is 4.05. The highest BCUT2D eigenvalue weighted by Gasteiger charge is 2.17. The molecule has 2 aromatic heterocycles. The fraction of sp³-hybridized carbons (Fsp3) is 0.409. The van der Waals surface area contributed by atoms with Crippen LogP contribution in [0.3, 0.4) is 0 Å². The molecule has 0 spiro atoms. The molecular formula is C22H28N2O3. The van der Waals surface area contributed by atoms with Crippen LogP contribution >= 0.6 is 0 Å². The maximum absolute atomic E-state index is 12.0. The van der Waals surface area contributed by atoms with Gasteiger partial charge in [-0.1, -0.05) is 13.8 Å². The monoisotopic (exact) mass is 368 g/mol. The van der Waals surface area contributed by atoms with E-state index in [-0.39, 0.29) is 11.7 Å². The van der Waals surface area contributed by atoms with E-state index in [4.69, 9.17) is 8.83 Å². The average molecular weight is 368 g/mol. The van der Waals surface area contributed by atoms with Crippen molar-refractivity contribution in [3.8, 4) is 0 Å². The van der Waals surface area contributed by atoms with Gasteiger partial charge in [0, 0.05) is 24.5 Å². The van der Waals surface area contributed by atoms with Crippen LogP contribution in [0.4, 0.5) is 0 Å². The molecule has 5 heteroatoms. The normalized spacial score (nSPS) is 13.0. The summed E-state index contributed by atoms with van der Waals surface area (Å²) >= 11 is 0. The van der Waals surface area contributed by atoms with E-state index >= 15 is 0 Å². The molecule has 1 atom stereocenters. The van der Waals surface area contributed by atoms with E-state index in [9.17, 15) is 4.79 Å². The van der Waals surface area contributed by atoms with Crippen molar-refractivity contribution in [1.82, 2.24) is 10.2 Å². The molecule has 0 aliphatic carbocycles. The van der Waals surface area contributed by atoms with Crippen LogP contribution < -0.4 is 10.9 Å². The molecule has 2 heterocycles. The zero-order valence-electron chi connectivity index (χ0n) is 16.7. The zero-order valence-corrected chi connectivity index (χ0v) is 16.7. The molecule has 0 saturated carbocycles. The van der Waals surface area contributed by atoms with Gasteiger partial charge in [-0.05, 0) is 67.9 Å². The van der Waals surface area contributed by atoms with Gasteiger partial charge in [0.15, 0.2) is 0 Å². The first-order valence-electron chi connectivity index (χ1n) is 9.34. The van der Waals surface area contributed by atoms with Crippen LogP contribution in [0.2, 0.25) is 0 Å². The first kappa shape index (κ1) is 19.4. The Morgan fingerprint density at radius 2 is 1.96 bits per heavy atom. The highest BCUT2D eigenvalue weighted by atomic mass is 16.4. The smallest absolute Gasteiger partial charge is 0.336 e. The molecular weight excluding hydrogens is 340 g/mol. The first-order valence-corrected chi connectivity index (χ1v) is 9.34. The number of fused-ring (bicyclic) bond motifs is 1. The second kappa shape index (κ2) is 8.11. The van der Waals surface area contributed by atoms with Crippen molar-refractivity contribution in [3.63, 3.8) is 0 Å². The van der Waals surface area contributed by atoms with Gasteiger partial charge < -0.3 is 14.2 Å². The van der Waals surface area contributed by atoms with Gasteiger partial charge in [0.05, 0.1) is 12.3 Å². The largest absolute Gasteiger partial charge is 0.468 e. The van der Waals surface area contributed by atoms with Crippen LogP contribution in [0.25, 0.3) is 11.0 Å². The van der Waals surface area contributed by atoms with Gasteiger partial charge in [-0.2, -0.15) is 0 Å². The van der Waals surface area contributed by atoms with Crippen molar-refractivity contribution in [2.75, 3.05) is 20.6 Å². The minimum absolute atomic E-state index is 0.125. The topological polar surface area (TPSA) is 58.6 Å². The first-order chi connectivity index (χ1) is 12.9. The minimum Gasteiger partial charge on any atom is -0.468 e. The van der Waals surface area contributed by atoms with E-state index in [0.717, 1.165) is 22.3 Å². The molecule has 3 rings (SSSR count). The lowest BCUT2D eigenvalue weighted by Gasteiger charge is -2.23. The van der Waals surface area contributed by atoms with E-state index in [1.54, 1.807) is 12.3 Å². The van der Waals surface area contributed by atoms with Crippen molar-refractivity contribution in [3.05, 3.63) is 69.5 Å². The SMILES string of the molecule is Cc1cc2oc(=O)cc(CNC[C@H](c3ccco3)N(C)C)c2cc1C(C)C. The summed E-state index contributed by atoms with van der Waals surface area (Å²) in [5, 5.41) is 4.47. The second-order valence-corrected chi connectivity index (χ2v) is 7.58. The van der Waals surface area contributed by atoms with E-state index in [1.807, 2.05) is 32.3 Å². The highest BCUT2D eigenvalue weighted by Crippen LogP contribution is 2.27. The molecule has 144 valence electrons. The van der Waals surface area contributed by atoms with Gasteiger partial charge >= 0.3 is 5.63 Å². The molecule has 0 unspecified atom stereocenters. The summed E-state index contributed by atoms with van der Waals surface area (Å²) in [4.78, 5) is 14.1. The van der Waals surface area contributed by atoms with Crippen molar-refractivity contribution in [2.24, 2.45) is 0 Å². The Balaban J connectivity index is 1.85. The number of rotatable bonds is 7. The molecule has 0 fully saturated rings. The highest BCUT2D eigenvalue weighted by molar-refractivity contribution is 5.82. The molecule has 3 aromatic rings. The lowest BCUT2D eigenvalue weighted by atomic mass is 9.95. The Hall–Kier alpha value is -2.37. The average Bonchev–Trinajstić information content (AvgIpc) is 3.11. The predicted octanol–water partition coefficient (Wildman–Crippen LogP) is 4.21. The fourth-order valence-electron chi connectivity index (χ4n) is 3.52. The Kier molecular flexibility index (Phi) is 5.82. The van der Waals surface area contributed by atoms with E-state index in [2.05, 4.69) is 37.1 Å². The molecule has 0 aliphatic rings. The number of hydrogen-bond donors (Lipinski definition) is 1. The third-order valence-corrected chi connectivity index (χ3v) is 4.99. The predicted molar refractivity (Wildman–Crippen MR) is 108 cm³/mol. The van der Waals surface area contributed by atoms with Crippen LogP contribution in [0.5, 0.6) is 0 Å². The van der Waals surface area contributed by atoms with Gasteiger partial charge in [0.2, 0.25) is 0 Å². The molecule has 1 aromatic carbocycles. The molecule has 27 heavy (non-hydrogen) atoms. The van der Waals surface area contributed by atoms with Gasteiger partial charge in [-0.3, -0.25) is 4.90 Å². The fourth-order valence-corrected chi connectivity index (χ4v) is 3.52. The third kappa shape index (κ3) is 4.31. The van der Waals surface area contributed by atoms with Gasteiger partial charge in [-0.25, -0.2) is 4.79 Å².